The molecule has 31 heavy (non-hydrogen) atoms. The van der Waals surface area contributed by atoms with Crippen LogP contribution in [0.2, 0.25) is 0 Å². The second-order valence-corrected chi connectivity index (χ2v) is 7.85. The van der Waals surface area contributed by atoms with Crippen LogP contribution in [0.1, 0.15) is 36.6 Å². The van der Waals surface area contributed by atoms with Crippen molar-refractivity contribution in [2.45, 2.75) is 38.6 Å². The van der Waals surface area contributed by atoms with Crippen LogP contribution in [0.3, 0.4) is 0 Å². The van der Waals surface area contributed by atoms with Crippen molar-refractivity contribution in [3.63, 3.8) is 0 Å². The molecule has 0 unspecified atom stereocenters. The Morgan fingerprint density at radius 2 is 2.13 bits per heavy atom. The first-order chi connectivity index (χ1) is 15.2. The molecule has 0 atom stereocenters. The summed E-state index contributed by atoms with van der Waals surface area (Å²) in [4.78, 5) is 13.6. The van der Waals surface area contributed by atoms with Gasteiger partial charge in [-0.05, 0) is 31.9 Å². The highest BCUT2D eigenvalue weighted by atomic mass is 16.5. The van der Waals surface area contributed by atoms with Gasteiger partial charge in [-0.1, -0.05) is 0 Å². The average molecular weight is 418 g/mol. The Balaban J connectivity index is 1.53. The second kappa shape index (κ2) is 6.93. The number of aryl methyl sites for hydroxylation is 2. The Labute approximate surface area is 178 Å². The minimum atomic E-state index is 0.374. The van der Waals surface area contributed by atoms with Crippen molar-refractivity contribution < 1.29 is 9.47 Å². The van der Waals surface area contributed by atoms with Crippen molar-refractivity contribution in [3.05, 3.63) is 35.9 Å². The number of pyridine rings is 1. The Morgan fingerprint density at radius 3 is 2.97 bits per heavy atom. The third-order valence-corrected chi connectivity index (χ3v) is 5.69. The van der Waals surface area contributed by atoms with E-state index < -0.39 is 0 Å². The number of nitrogens with zero attached hydrogens (tertiary/aromatic N) is 7. The summed E-state index contributed by atoms with van der Waals surface area (Å²) in [6, 6.07) is 3.83. The molecule has 0 aromatic carbocycles. The zero-order chi connectivity index (χ0) is 20.9. The minimum Gasteiger partial charge on any atom is -0.479 e. The molecule has 2 aliphatic rings. The van der Waals surface area contributed by atoms with Gasteiger partial charge in [0.05, 0.1) is 30.5 Å². The van der Waals surface area contributed by atoms with E-state index in [1.165, 1.54) is 0 Å². The SMILES string of the molecule is COc1ncccc1-n1nc2c(c1C1CC1)Nc1ncc3c(C)nn(c3n1)CCCO2. The molecule has 5 heterocycles. The van der Waals surface area contributed by atoms with Crippen LogP contribution in [0.25, 0.3) is 16.7 Å². The summed E-state index contributed by atoms with van der Waals surface area (Å²) < 4.78 is 15.4. The quantitative estimate of drug-likeness (QED) is 0.541. The Kier molecular flexibility index (Phi) is 4.05. The monoisotopic (exact) mass is 418 g/mol. The highest BCUT2D eigenvalue weighted by Gasteiger charge is 2.35. The molecule has 10 heteroatoms. The number of anilines is 2. The molecule has 4 aromatic heterocycles. The van der Waals surface area contributed by atoms with Crippen molar-refractivity contribution in [2.75, 3.05) is 19.0 Å². The molecule has 6 rings (SSSR count). The first kappa shape index (κ1) is 18.1. The maximum absolute atomic E-state index is 6.14. The van der Waals surface area contributed by atoms with E-state index in [4.69, 9.17) is 19.6 Å². The molecule has 10 nitrogen and oxygen atoms in total. The number of methoxy groups -OCH3 is 1. The maximum atomic E-state index is 6.14. The van der Waals surface area contributed by atoms with Crippen LogP contribution >= 0.6 is 0 Å². The van der Waals surface area contributed by atoms with Gasteiger partial charge in [0.15, 0.2) is 5.65 Å². The van der Waals surface area contributed by atoms with Crippen LogP contribution in [0.5, 0.6) is 11.8 Å². The van der Waals surface area contributed by atoms with E-state index in [1.54, 1.807) is 13.3 Å². The molecule has 0 radical (unpaired) electrons. The zero-order valence-corrected chi connectivity index (χ0v) is 17.4. The largest absolute Gasteiger partial charge is 0.479 e. The first-order valence-corrected chi connectivity index (χ1v) is 10.4. The number of aromatic nitrogens is 7. The van der Waals surface area contributed by atoms with Crippen LogP contribution in [0.4, 0.5) is 11.6 Å². The molecule has 0 amide bonds. The Bertz CT molecular complexity index is 1290. The second-order valence-electron chi connectivity index (χ2n) is 7.85. The van der Waals surface area contributed by atoms with Gasteiger partial charge in [0.2, 0.25) is 11.8 Å². The van der Waals surface area contributed by atoms with E-state index in [1.807, 2.05) is 34.6 Å². The van der Waals surface area contributed by atoms with Crippen molar-refractivity contribution in [3.8, 4) is 17.4 Å². The number of ether oxygens (including phenoxy) is 2. The van der Waals surface area contributed by atoms with Gasteiger partial charge in [-0.15, -0.1) is 5.10 Å². The van der Waals surface area contributed by atoms with Gasteiger partial charge in [-0.25, -0.2) is 19.3 Å². The molecular weight excluding hydrogens is 396 g/mol. The molecule has 2 bridgehead atoms. The third kappa shape index (κ3) is 2.97. The molecular formula is C21H22N8O2. The van der Waals surface area contributed by atoms with E-state index in [0.717, 1.165) is 53.1 Å². The number of nitrogens with one attached hydrogen (secondary N) is 1. The normalized spacial score (nSPS) is 15.8. The lowest BCUT2D eigenvalue weighted by molar-refractivity contribution is 0.288. The van der Waals surface area contributed by atoms with Crippen LogP contribution < -0.4 is 14.8 Å². The van der Waals surface area contributed by atoms with E-state index in [9.17, 15) is 0 Å². The van der Waals surface area contributed by atoms with Gasteiger partial charge in [0.1, 0.15) is 11.4 Å². The van der Waals surface area contributed by atoms with Crippen molar-refractivity contribution >= 4 is 22.7 Å². The van der Waals surface area contributed by atoms with Crippen molar-refractivity contribution in [1.82, 2.24) is 34.5 Å². The lowest BCUT2D eigenvalue weighted by Gasteiger charge is -2.11. The summed E-state index contributed by atoms with van der Waals surface area (Å²) in [5.41, 5.74) is 4.37. The molecule has 1 fully saturated rings. The number of hydrogen-bond acceptors (Lipinski definition) is 8. The van der Waals surface area contributed by atoms with Crippen LogP contribution in [0.15, 0.2) is 24.5 Å². The topological polar surface area (TPSA) is 105 Å². The Morgan fingerprint density at radius 1 is 1.23 bits per heavy atom. The van der Waals surface area contributed by atoms with Gasteiger partial charge in [-0.2, -0.15) is 10.1 Å². The van der Waals surface area contributed by atoms with Crippen LogP contribution in [-0.4, -0.2) is 48.2 Å². The summed E-state index contributed by atoms with van der Waals surface area (Å²) in [7, 11) is 1.61. The summed E-state index contributed by atoms with van der Waals surface area (Å²) >= 11 is 0. The van der Waals surface area contributed by atoms with Crippen LogP contribution in [0, 0.1) is 6.92 Å². The molecule has 0 spiro atoms. The predicted molar refractivity (Wildman–Crippen MR) is 113 cm³/mol. The highest BCUT2D eigenvalue weighted by molar-refractivity contribution is 5.79. The molecule has 1 N–H and O–H groups in total. The van der Waals surface area contributed by atoms with Crippen LogP contribution in [-0.2, 0) is 6.54 Å². The van der Waals surface area contributed by atoms with Gasteiger partial charge in [0.25, 0.3) is 5.88 Å². The number of rotatable bonds is 3. The molecule has 4 aromatic rings. The first-order valence-electron chi connectivity index (χ1n) is 10.4. The van der Waals surface area contributed by atoms with Crippen molar-refractivity contribution in [1.29, 1.82) is 0 Å². The molecule has 158 valence electrons. The number of hydrogen-bond donors (Lipinski definition) is 1. The van der Waals surface area contributed by atoms with Crippen molar-refractivity contribution in [2.24, 2.45) is 0 Å². The maximum Gasteiger partial charge on any atom is 0.257 e. The lowest BCUT2D eigenvalue weighted by Crippen LogP contribution is -2.08. The Hall–Kier alpha value is -3.69. The lowest BCUT2D eigenvalue weighted by atomic mass is 10.2. The smallest absolute Gasteiger partial charge is 0.257 e. The summed E-state index contributed by atoms with van der Waals surface area (Å²) in [6.45, 7) is 3.21. The summed E-state index contributed by atoms with van der Waals surface area (Å²) in [5, 5.41) is 13.8. The van der Waals surface area contributed by atoms with Gasteiger partial charge < -0.3 is 14.8 Å². The molecule has 1 aliphatic carbocycles. The fraction of sp³-hybridized carbons (Fsp3) is 0.381. The summed E-state index contributed by atoms with van der Waals surface area (Å²) in [5.74, 6) is 1.93. The molecule has 1 aliphatic heterocycles. The highest BCUT2D eigenvalue weighted by Crippen LogP contribution is 2.48. The number of fused-ring (bicyclic) bond motifs is 2. The van der Waals surface area contributed by atoms with E-state index >= 15 is 0 Å². The minimum absolute atomic E-state index is 0.374. The standard InChI is InChI=1S/C21H22N8O2/c1-12-14-11-23-21-24-16-17(13-6-7-13)29(15-5-3-8-22-19(15)30-2)27-20(16)31-10-4-9-28(26-12)18(14)25-21/h3,5,8,11,13H,4,6-7,9-10H2,1-2H3,(H,23,24,25). The van der Waals surface area contributed by atoms with E-state index in [-0.39, 0.29) is 0 Å². The van der Waals surface area contributed by atoms with Gasteiger partial charge in [0, 0.05) is 31.3 Å². The molecule has 0 saturated heterocycles. The fourth-order valence-corrected chi connectivity index (χ4v) is 4.07. The molecule has 1 saturated carbocycles. The van der Waals surface area contributed by atoms with Gasteiger partial charge in [-0.3, -0.25) is 0 Å². The van der Waals surface area contributed by atoms with E-state index in [2.05, 4.69) is 20.4 Å². The predicted octanol–water partition coefficient (Wildman–Crippen LogP) is 3.13. The average Bonchev–Trinajstić information content (AvgIpc) is 3.51. The third-order valence-electron chi connectivity index (χ3n) is 5.69. The zero-order valence-electron chi connectivity index (χ0n) is 17.4. The van der Waals surface area contributed by atoms with E-state index in [0.29, 0.717) is 36.8 Å². The fourth-order valence-electron chi connectivity index (χ4n) is 4.07. The summed E-state index contributed by atoms with van der Waals surface area (Å²) in [6.07, 6.45) is 6.51. The van der Waals surface area contributed by atoms with Gasteiger partial charge >= 0.3 is 0 Å².